The average Bonchev–Trinajstić information content (AvgIpc) is 2.15. The van der Waals surface area contributed by atoms with Gasteiger partial charge in [-0.15, -0.1) is 0 Å². The van der Waals surface area contributed by atoms with Gasteiger partial charge >= 0.3 is 5.97 Å². The van der Waals surface area contributed by atoms with E-state index in [0.29, 0.717) is 4.47 Å². The summed E-state index contributed by atoms with van der Waals surface area (Å²) in [6.07, 6.45) is 0. The molecule has 0 atom stereocenters. The molecule has 0 aliphatic heterocycles. The number of rotatable bonds is 4. The molecule has 1 aromatic carbocycles. The Morgan fingerprint density at radius 3 is 2.65 bits per heavy atom. The van der Waals surface area contributed by atoms with Crippen LogP contribution in [0.4, 0.5) is 0 Å². The molecule has 0 unspecified atom stereocenters. The van der Waals surface area contributed by atoms with Crippen molar-refractivity contribution in [3.05, 3.63) is 28.2 Å². The number of phenols is 1. The standard InChI is InChI=1S/C9H9BrO6S/c10-6-1-2-7(8(11)5-6)9(12)16-3-4-17(13,14)15/h1-2,5,11H,3-4H2,(H,13,14,15)/p-1. The molecule has 0 aliphatic rings. The third-order valence-corrected chi connectivity index (χ3v) is 2.91. The van der Waals surface area contributed by atoms with Crippen LogP contribution >= 0.6 is 15.9 Å². The van der Waals surface area contributed by atoms with Crippen LogP contribution in [0.5, 0.6) is 5.75 Å². The Balaban J connectivity index is 2.65. The Labute approximate surface area is 106 Å². The highest BCUT2D eigenvalue weighted by Crippen LogP contribution is 2.22. The zero-order valence-electron chi connectivity index (χ0n) is 8.42. The summed E-state index contributed by atoms with van der Waals surface area (Å²) in [7, 11) is -4.42. The summed E-state index contributed by atoms with van der Waals surface area (Å²) in [6.45, 7) is -0.541. The third kappa shape index (κ3) is 4.72. The maximum Gasteiger partial charge on any atom is 0.341 e. The van der Waals surface area contributed by atoms with Crippen molar-refractivity contribution in [3.63, 3.8) is 0 Å². The maximum atomic E-state index is 11.4. The lowest BCUT2D eigenvalue weighted by Crippen LogP contribution is -2.15. The van der Waals surface area contributed by atoms with Crippen molar-refractivity contribution < 1.29 is 27.6 Å². The topological polar surface area (TPSA) is 104 Å². The van der Waals surface area contributed by atoms with Gasteiger partial charge in [0.2, 0.25) is 0 Å². The molecule has 6 nitrogen and oxygen atoms in total. The molecule has 8 heteroatoms. The molecule has 0 aromatic heterocycles. The molecule has 1 aromatic rings. The van der Waals surface area contributed by atoms with Crippen LogP contribution in [0.15, 0.2) is 22.7 Å². The summed E-state index contributed by atoms with van der Waals surface area (Å²) in [4.78, 5) is 11.4. The van der Waals surface area contributed by atoms with E-state index in [4.69, 9.17) is 0 Å². The summed E-state index contributed by atoms with van der Waals surface area (Å²) in [5.41, 5.74) is -0.100. The molecule has 0 saturated heterocycles. The predicted octanol–water partition coefficient (Wildman–Crippen LogP) is 0.857. The highest BCUT2D eigenvalue weighted by atomic mass is 79.9. The first kappa shape index (κ1) is 13.9. The molecule has 1 N–H and O–H groups in total. The van der Waals surface area contributed by atoms with Gasteiger partial charge in [-0.3, -0.25) is 0 Å². The van der Waals surface area contributed by atoms with Gasteiger partial charge in [-0.25, -0.2) is 13.2 Å². The van der Waals surface area contributed by atoms with E-state index in [-0.39, 0.29) is 11.3 Å². The molecule has 0 aliphatic carbocycles. The Kier molecular flexibility index (Phi) is 4.49. The summed E-state index contributed by atoms with van der Waals surface area (Å²) in [6, 6.07) is 4.12. The van der Waals surface area contributed by atoms with Gasteiger partial charge in [0.25, 0.3) is 0 Å². The number of hydrogen-bond donors (Lipinski definition) is 1. The van der Waals surface area contributed by atoms with Gasteiger partial charge in [0.15, 0.2) is 0 Å². The van der Waals surface area contributed by atoms with Gasteiger partial charge in [0, 0.05) is 4.47 Å². The second kappa shape index (κ2) is 5.48. The number of halogens is 1. The second-order valence-corrected chi connectivity index (χ2v) is 5.50. The molecule has 94 valence electrons. The van der Waals surface area contributed by atoms with Crippen LogP contribution in [0.1, 0.15) is 10.4 Å². The zero-order valence-corrected chi connectivity index (χ0v) is 10.8. The third-order valence-electron chi connectivity index (χ3n) is 1.75. The molecule has 0 saturated carbocycles. The van der Waals surface area contributed by atoms with Crippen molar-refractivity contribution in [1.82, 2.24) is 0 Å². The lowest BCUT2D eigenvalue weighted by atomic mass is 10.2. The monoisotopic (exact) mass is 323 g/mol. The molecule has 0 bridgehead atoms. The number of benzene rings is 1. The minimum atomic E-state index is -4.42. The minimum Gasteiger partial charge on any atom is -0.748 e. The lowest BCUT2D eigenvalue weighted by Gasteiger charge is -2.08. The van der Waals surface area contributed by atoms with Crippen molar-refractivity contribution in [1.29, 1.82) is 0 Å². The van der Waals surface area contributed by atoms with Gasteiger partial charge < -0.3 is 14.4 Å². The number of phenolic OH excluding ortho intramolecular Hbond substituents is 1. The SMILES string of the molecule is O=C(OCCS(=O)(=O)[O-])c1ccc(Br)cc1O. The quantitative estimate of drug-likeness (QED) is 0.651. The zero-order chi connectivity index (χ0) is 13.1. The van der Waals surface area contributed by atoms with Gasteiger partial charge in [0.1, 0.15) is 17.9 Å². The molecular weight excluding hydrogens is 316 g/mol. The second-order valence-electron chi connectivity index (χ2n) is 3.06. The van der Waals surface area contributed by atoms with E-state index in [1.54, 1.807) is 0 Å². The molecule has 0 radical (unpaired) electrons. The fourth-order valence-electron chi connectivity index (χ4n) is 0.992. The molecule has 0 heterocycles. The van der Waals surface area contributed by atoms with Crippen LogP contribution in [-0.4, -0.2) is 36.4 Å². The Bertz CT molecular complexity index is 524. The molecule has 1 rings (SSSR count). The molecule has 0 fully saturated rings. The van der Waals surface area contributed by atoms with Crippen LogP contribution in [0.25, 0.3) is 0 Å². The van der Waals surface area contributed by atoms with E-state index in [1.165, 1.54) is 18.2 Å². The van der Waals surface area contributed by atoms with Gasteiger partial charge in [0.05, 0.1) is 15.9 Å². The molecule has 0 amide bonds. The first-order valence-corrected chi connectivity index (χ1v) is 6.76. The number of hydrogen-bond acceptors (Lipinski definition) is 6. The Morgan fingerprint density at radius 1 is 1.47 bits per heavy atom. The van der Waals surface area contributed by atoms with Crippen LogP contribution in [0.3, 0.4) is 0 Å². The van der Waals surface area contributed by atoms with Crippen molar-refractivity contribution >= 4 is 32.0 Å². The van der Waals surface area contributed by atoms with E-state index < -0.39 is 28.4 Å². The fraction of sp³-hybridized carbons (Fsp3) is 0.222. The summed E-state index contributed by atoms with van der Waals surface area (Å²) >= 11 is 3.09. The first-order chi connectivity index (χ1) is 7.79. The van der Waals surface area contributed by atoms with Gasteiger partial charge in [-0.05, 0) is 18.2 Å². The highest BCUT2D eigenvalue weighted by Gasteiger charge is 2.12. The first-order valence-electron chi connectivity index (χ1n) is 4.39. The van der Waals surface area contributed by atoms with Crippen molar-refractivity contribution in [2.24, 2.45) is 0 Å². The average molecular weight is 324 g/mol. The van der Waals surface area contributed by atoms with E-state index in [9.17, 15) is 22.9 Å². The summed E-state index contributed by atoms with van der Waals surface area (Å²) < 4.78 is 35.9. The Morgan fingerprint density at radius 2 is 2.12 bits per heavy atom. The summed E-state index contributed by atoms with van der Waals surface area (Å²) in [5.74, 6) is -1.98. The van der Waals surface area contributed by atoms with E-state index in [2.05, 4.69) is 20.7 Å². The fourth-order valence-corrected chi connectivity index (χ4v) is 1.63. The van der Waals surface area contributed by atoms with E-state index in [0.717, 1.165) is 0 Å². The van der Waals surface area contributed by atoms with Crippen LogP contribution in [-0.2, 0) is 14.9 Å². The number of ether oxygens (including phenoxy) is 1. The maximum absolute atomic E-state index is 11.4. The Hall–Kier alpha value is -1.12. The van der Waals surface area contributed by atoms with Crippen LogP contribution in [0, 0.1) is 0 Å². The van der Waals surface area contributed by atoms with Crippen molar-refractivity contribution in [2.45, 2.75) is 0 Å². The molecular formula is C9H8BrO6S-. The largest absolute Gasteiger partial charge is 0.748 e. The normalized spacial score (nSPS) is 11.2. The number of carbonyl (C=O) groups is 1. The highest BCUT2D eigenvalue weighted by molar-refractivity contribution is 9.10. The number of aromatic hydroxyl groups is 1. The number of carbonyl (C=O) groups excluding carboxylic acids is 1. The van der Waals surface area contributed by atoms with Gasteiger partial charge in [-0.1, -0.05) is 15.9 Å². The van der Waals surface area contributed by atoms with Gasteiger partial charge in [-0.2, -0.15) is 0 Å². The van der Waals surface area contributed by atoms with Crippen molar-refractivity contribution in [3.8, 4) is 5.75 Å². The van der Waals surface area contributed by atoms with E-state index in [1.807, 2.05) is 0 Å². The van der Waals surface area contributed by atoms with Crippen LogP contribution in [0.2, 0.25) is 0 Å². The molecule has 17 heavy (non-hydrogen) atoms. The molecule has 0 spiro atoms. The van der Waals surface area contributed by atoms with E-state index >= 15 is 0 Å². The predicted molar refractivity (Wildman–Crippen MR) is 60.7 cm³/mol. The van der Waals surface area contributed by atoms with Crippen LogP contribution < -0.4 is 0 Å². The summed E-state index contributed by atoms with van der Waals surface area (Å²) in [5, 5.41) is 9.41. The number of esters is 1. The smallest absolute Gasteiger partial charge is 0.341 e. The lowest BCUT2D eigenvalue weighted by molar-refractivity contribution is 0.0525. The van der Waals surface area contributed by atoms with Crippen molar-refractivity contribution in [2.75, 3.05) is 12.4 Å². The minimum absolute atomic E-state index is 0.100.